The largest absolute Gasteiger partial charge is 0.462 e. The average Bonchev–Trinajstić information content (AvgIpc) is 3.34. The van der Waals surface area contributed by atoms with Crippen molar-refractivity contribution in [3.05, 3.63) is 12.2 Å². The summed E-state index contributed by atoms with van der Waals surface area (Å²) in [7, 11) is 0. The molecule has 0 aliphatic heterocycles. The molecule has 6 nitrogen and oxygen atoms in total. The highest BCUT2D eigenvalue weighted by molar-refractivity contribution is 5.77. The van der Waals surface area contributed by atoms with Gasteiger partial charge in [0.2, 0.25) is 5.91 Å². The summed E-state index contributed by atoms with van der Waals surface area (Å²) in [5.74, 6) is -0.456. The van der Waals surface area contributed by atoms with Crippen LogP contribution in [0.4, 0.5) is 0 Å². The summed E-state index contributed by atoms with van der Waals surface area (Å²) in [5, 5.41) is 24.0. The van der Waals surface area contributed by atoms with E-state index in [1.165, 1.54) is 257 Å². The van der Waals surface area contributed by atoms with Crippen molar-refractivity contribution in [1.29, 1.82) is 0 Å². The quantitative estimate of drug-likeness (QED) is 0.0321. The number of ether oxygens (including phenoxy) is 1. The van der Waals surface area contributed by atoms with E-state index in [0.717, 1.165) is 51.4 Å². The van der Waals surface area contributed by atoms with E-state index in [9.17, 15) is 19.8 Å². The summed E-state index contributed by atoms with van der Waals surface area (Å²) < 4.78 is 5.98. The van der Waals surface area contributed by atoms with Crippen LogP contribution in [0, 0.1) is 0 Å². The molecule has 0 aliphatic rings. The molecule has 0 aliphatic carbocycles. The smallest absolute Gasteiger partial charge is 0.306 e. The molecule has 0 radical (unpaired) electrons. The fraction of sp³-hybridized carbons (Fsp3) is 0.937. The lowest BCUT2D eigenvalue weighted by Crippen LogP contribution is -2.46. The zero-order chi connectivity index (χ0) is 50.2. The Labute approximate surface area is 431 Å². The molecule has 0 bridgehead atoms. The van der Waals surface area contributed by atoms with Crippen LogP contribution >= 0.6 is 0 Å². The third-order valence-corrected chi connectivity index (χ3v) is 14.8. The van der Waals surface area contributed by atoms with Gasteiger partial charge >= 0.3 is 5.97 Å². The Morgan fingerprint density at radius 3 is 1.03 bits per heavy atom. The van der Waals surface area contributed by atoms with Crippen LogP contribution in [0.25, 0.3) is 0 Å². The van der Waals surface area contributed by atoms with Crippen molar-refractivity contribution in [3.8, 4) is 0 Å². The maximum atomic E-state index is 13.3. The monoisotopic (exact) mass is 974 g/mol. The van der Waals surface area contributed by atoms with E-state index in [4.69, 9.17) is 4.74 Å². The fourth-order valence-corrected chi connectivity index (χ4v) is 10.1. The van der Waals surface area contributed by atoms with Crippen LogP contribution in [-0.4, -0.2) is 46.9 Å². The lowest BCUT2D eigenvalue weighted by atomic mass is 10.0. The zero-order valence-electron chi connectivity index (χ0n) is 47.0. The van der Waals surface area contributed by atoms with E-state index in [1.54, 1.807) is 0 Å². The Balaban J connectivity index is 4.49. The molecule has 0 aromatic rings. The number of aliphatic hydroxyl groups excluding tert-OH is 2. The van der Waals surface area contributed by atoms with Gasteiger partial charge in [-0.1, -0.05) is 303 Å². The standard InChI is InChI=1S/C63H123NO5/c1-4-7-10-13-16-19-22-25-28-31-33-36-39-42-45-48-51-54-59(69-63(68)56-53-50-47-44-41-38-35-30-27-24-21-18-15-12-9-6-3)57-62(67)64-60(58-65)61(66)55-52-49-46-43-40-37-34-32-29-26-23-20-17-14-11-8-5-2/h30,35,59-61,65-66H,4-29,31-34,36-58H2,1-3H3,(H,64,67)/b35-30+. The Kier molecular flexibility index (Phi) is 56.3. The van der Waals surface area contributed by atoms with Crippen molar-refractivity contribution in [1.82, 2.24) is 5.32 Å². The van der Waals surface area contributed by atoms with Crippen molar-refractivity contribution in [2.75, 3.05) is 6.61 Å². The van der Waals surface area contributed by atoms with E-state index in [0.29, 0.717) is 19.3 Å². The molecule has 0 spiro atoms. The number of aliphatic hydroxyl groups is 2. The molecular formula is C63H123NO5. The third-order valence-electron chi connectivity index (χ3n) is 14.8. The van der Waals surface area contributed by atoms with Gasteiger partial charge in [-0.2, -0.15) is 0 Å². The van der Waals surface area contributed by atoms with Crippen molar-refractivity contribution < 1.29 is 24.5 Å². The number of carbonyl (C=O) groups excluding carboxylic acids is 2. The number of unbranched alkanes of at least 4 members (excludes halogenated alkanes) is 44. The van der Waals surface area contributed by atoms with Crippen molar-refractivity contribution >= 4 is 11.9 Å². The first-order valence-corrected chi connectivity index (χ1v) is 31.4. The van der Waals surface area contributed by atoms with Gasteiger partial charge in [-0.05, 0) is 51.4 Å². The van der Waals surface area contributed by atoms with Crippen LogP contribution in [0.15, 0.2) is 12.2 Å². The van der Waals surface area contributed by atoms with E-state index >= 15 is 0 Å². The van der Waals surface area contributed by atoms with Gasteiger partial charge in [-0.3, -0.25) is 9.59 Å². The second kappa shape index (κ2) is 57.5. The first-order valence-electron chi connectivity index (χ1n) is 31.4. The highest BCUT2D eigenvalue weighted by Gasteiger charge is 2.24. The molecule has 3 N–H and O–H groups in total. The van der Waals surface area contributed by atoms with Gasteiger partial charge < -0.3 is 20.3 Å². The normalized spacial score (nSPS) is 13.1. The van der Waals surface area contributed by atoms with Crippen LogP contribution in [0.3, 0.4) is 0 Å². The number of allylic oxidation sites excluding steroid dienone is 2. The number of hydrogen-bond acceptors (Lipinski definition) is 5. The molecule has 0 heterocycles. The van der Waals surface area contributed by atoms with Crippen LogP contribution in [0.2, 0.25) is 0 Å². The Bertz CT molecular complexity index is 1050. The molecule has 69 heavy (non-hydrogen) atoms. The zero-order valence-corrected chi connectivity index (χ0v) is 47.0. The maximum Gasteiger partial charge on any atom is 0.306 e. The van der Waals surface area contributed by atoms with Gasteiger partial charge in [0, 0.05) is 6.42 Å². The van der Waals surface area contributed by atoms with Crippen LogP contribution in [-0.2, 0) is 14.3 Å². The summed E-state index contributed by atoms with van der Waals surface area (Å²) in [6, 6.07) is -0.698. The maximum absolute atomic E-state index is 13.3. The average molecular weight is 975 g/mol. The van der Waals surface area contributed by atoms with Gasteiger partial charge in [0.1, 0.15) is 6.10 Å². The minimum atomic E-state index is -0.785. The Hall–Kier alpha value is -1.40. The molecule has 0 saturated carbocycles. The summed E-state index contributed by atoms with van der Waals surface area (Å²) in [4.78, 5) is 26.4. The van der Waals surface area contributed by atoms with Gasteiger partial charge in [0.25, 0.3) is 0 Å². The minimum absolute atomic E-state index is 0.0828. The van der Waals surface area contributed by atoms with E-state index in [1.807, 2.05) is 0 Å². The lowest BCUT2D eigenvalue weighted by molar-refractivity contribution is -0.151. The molecule has 0 fully saturated rings. The highest BCUT2D eigenvalue weighted by atomic mass is 16.5. The molecule has 1 amide bonds. The molecule has 410 valence electrons. The number of amides is 1. The first-order chi connectivity index (χ1) is 34.0. The number of nitrogens with one attached hydrogen (secondary N) is 1. The SMILES string of the molecule is CCCCCCCCC/C=C/CCCCCCCC(=O)OC(CCCCCCCCCCCCCCCCCCC)CC(=O)NC(CO)C(O)CCCCCCCCCCCCCCCCCCC. The predicted molar refractivity (Wildman–Crippen MR) is 301 cm³/mol. The molecular weight excluding hydrogens is 851 g/mol. The Morgan fingerprint density at radius 2 is 0.696 bits per heavy atom. The molecule has 0 saturated heterocycles. The van der Waals surface area contributed by atoms with Crippen molar-refractivity contribution in [2.24, 2.45) is 0 Å². The van der Waals surface area contributed by atoms with Gasteiger partial charge in [0.05, 0.1) is 25.2 Å². The van der Waals surface area contributed by atoms with Gasteiger partial charge in [-0.25, -0.2) is 0 Å². The van der Waals surface area contributed by atoms with Crippen LogP contribution in [0.1, 0.15) is 355 Å². The summed E-state index contributed by atoms with van der Waals surface area (Å²) in [6.07, 6.45) is 67.1. The molecule has 0 aromatic carbocycles. The van der Waals surface area contributed by atoms with E-state index in [2.05, 4.69) is 38.2 Å². The van der Waals surface area contributed by atoms with Crippen LogP contribution < -0.4 is 5.32 Å². The van der Waals surface area contributed by atoms with E-state index in [-0.39, 0.29) is 24.9 Å². The number of rotatable bonds is 58. The summed E-state index contributed by atoms with van der Waals surface area (Å²) >= 11 is 0. The molecule has 0 rings (SSSR count). The second-order valence-electron chi connectivity index (χ2n) is 21.8. The highest BCUT2D eigenvalue weighted by Crippen LogP contribution is 2.19. The van der Waals surface area contributed by atoms with E-state index < -0.39 is 18.2 Å². The van der Waals surface area contributed by atoms with Gasteiger partial charge in [0.15, 0.2) is 0 Å². The molecule has 6 heteroatoms. The lowest BCUT2D eigenvalue weighted by Gasteiger charge is -2.24. The summed E-state index contributed by atoms with van der Waals surface area (Å²) in [5.41, 5.74) is 0. The number of carbonyl (C=O) groups is 2. The molecule has 3 unspecified atom stereocenters. The minimum Gasteiger partial charge on any atom is -0.462 e. The van der Waals surface area contributed by atoms with Crippen molar-refractivity contribution in [3.63, 3.8) is 0 Å². The topological polar surface area (TPSA) is 95.9 Å². The number of esters is 1. The van der Waals surface area contributed by atoms with Gasteiger partial charge in [-0.15, -0.1) is 0 Å². The Morgan fingerprint density at radius 1 is 0.406 bits per heavy atom. The molecule has 3 atom stereocenters. The second-order valence-corrected chi connectivity index (χ2v) is 21.8. The third kappa shape index (κ3) is 52.7. The number of hydrogen-bond donors (Lipinski definition) is 3. The summed E-state index contributed by atoms with van der Waals surface area (Å²) in [6.45, 7) is 6.54. The fourth-order valence-electron chi connectivity index (χ4n) is 10.1. The van der Waals surface area contributed by atoms with Crippen LogP contribution in [0.5, 0.6) is 0 Å². The molecule has 0 aromatic heterocycles. The predicted octanol–water partition coefficient (Wildman–Crippen LogP) is 19.6. The van der Waals surface area contributed by atoms with Crippen molar-refractivity contribution in [2.45, 2.75) is 373 Å². The first kappa shape index (κ1) is 67.6.